The SMILES string of the molecule is C[C@@H](O)[C@H](NC(=O)[C@@H](N)CCCNC(=N)N)C(=O)N[C@@H](CNC(=O)c1c2c(nc3ccccc13)CCCC2)C(=O)O. The largest absolute Gasteiger partial charge is 0.480 e. The summed E-state index contributed by atoms with van der Waals surface area (Å²) in [5, 5.41) is 37.5. The highest BCUT2D eigenvalue weighted by Crippen LogP contribution is 2.29. The van der Waals surface area contributed by atoms with Crippen molar-refractivity contribution < 1.29 is 29.4 Å². The highest BCUT2D eigenvalue weighted by atomic mass is 16.4. The number of aromatic nitrogens is 1. The van der Waals surface area contributed by atoms with Crippen molar-refractivity contribution in [2.24, 2.45) is 11.5 Å². The summed E-state index contributed by atoms with van der Waals surface area (Å²) in [6.07, 6.45) is 2.56. The molecule has 41 heavy (non-hydrogen) atoms. The Morgan fingerprint density at radius 1 is 1.07 bits per heavy atom. The van der Waals surface area contributed by atoms with E-state index < -0.39 is 54.5 Å². The zero-order valence-corrected chi connectivity index (χ0v) is 22.9. The van der Waals surface area contributed by atoms with Crippen LogP contribution in [0.4, 0.5) is 0 Å². The molecular weight excluding hydrogens is 532 g/mol. The van der Waals surface area contributed by atoms with E-state index in [1.807, 2.05) is 12.1 Å². The van der Waals surface area contributed by atoms with Crippen LogP contribution in [0.15, 0.2) is 24.3 Å². The number of rotatable bonds is 13. The number of amides is 3. The van der Waals surface area contributed by atoms with Gasteiger partial charge in [0.1, 0.15) is 12.1 Å². The average Bonchev–Trinajstić information content (AvgIpc) is 2.93. The number of carbonyl (C=O) groups is 4. The van der Waals surface area contributed by atoms with Gasteiger partial charge in [-0.2, -0.15) is 0 Å². The number of aryl methyl sites for hydroxylation is 1. The molecule has 1 aromatic heterocycles. The molecule has 14 heteroatoms. The van der Waals surface area contributed by atoms with E-state index in [0.717, 1.165) is 30.5 Å². The normalized spacial score (nSPS) is 15.5. The standard InChI is InChI=1S/C27H38N8O6/c1-14(36)22(35-23(37)17(28)9-6-12-31-27(29)30)25(39)34-20(26(40)41)13-32-24(38)21-15-7-2-4-10-18(15)33-19-11-5-3-8-16(19)21/h2,4,7,10,14,17,20,22,36H,3,5-6,8-9,11-13,28H2,1H3,(H,32,38)(H,34,39)(H,35,37)(H,40,41)(H4,29,30,31)/t14-,17+,20+,22+/m1/s1. The first-order chi connectivity index (χ1) is 19.5. The number of aliphatic hydroxyl groups excluding tert-OH is 1. The van der Waals surface area contributed by atoms with Crippen molar-refractivity contribution in [2.45, 2.75) is 69.7 Å². The van der Waals surface area contributed by atoms with Crippen molar-refractivity contribution in [3.05, 3.63) is 41.1 Å². The maximum atomic E-state index is 13.4. The Balaban J connectivity index is 1.66. The van der Waals surface area contributed by atoms with Gasteiger partial charge in [0.25, 0.3) is 5.91 Å². The molecule has 11 N–H and O–H groups in total. The lowest BCUT2D eigenvalue weighted by molar-refractivity contribution is -0.142. The van der Waals surface area contributed by atoms with Gasteiger partial charge in [-0.05, 0) is 57.1 Å². The van der Waals surface area contributed by atoms with Gasteiger partial charge in [0.05, 0.1) is 23.2 Å². The molecule has 0 radical (unpaired) electrons. The van der Waals surface area contributed by atoms with E-state index in [1.54, 1.807) is 12.1 Å². The van der Waals surface area contributed by atoms with Crippen LogP contribution in [0, 0.1) is 5.41 Å². The number of nitrogens with one attached hydrogen (secondary N) is 5. The van der Waals surface area contributed by atoms with Gasteiger partial charge in [0.15, 0.2) is 5.96 Å². The lowest BCUT2D eigenvalue weighted by atomic mass is 9.89. The number of carbonyl (C=O) groups excluding carboxylic acids is 3. The number of hydrogen-bond donors (Lipinski definition) is 9. The van der Waals surface area contributed by atoms with Gasteiger partial charge in [-0.3, -0.25) is 24.8 Å². The summed E-state index contributed by atoms with van der Waals surface area (Å²) in [4.78, 5) is 55.5. The first kappa shape index (κ1) is 31.2. The van der Waals surface area contributed by atoms with Crippen LogP contribution in [-0.2, 0) is 27.2 Å². The number of carboxylic acids is 1. The van der Waals surface area contributed by atoms with Crippen LogP contribution in [0.2, 0.25) is 0 Å². The predicted octanol–water partition coefficient (Wildman–Crippen LogP) is -1.13. The van der Waals surface area contributed by atoms with Crippen molar-refractivity contribution in [1.29, 1.82) is 5.41 Å². The molecule has 1 aliphatic carbocycles. The van der Waals surface area contributed by atoms with E-state index in [1.165, 1.54) is 6.92 Å². The minimum atomic E-state index is -1.54. The summed E-state index contributed by atoms with van der Waals surface area (Å²) < 4.78 is 0. The maximum Gasteiger partial charge on any atom is 0.328 e. The maximum absolute atomic E-state index is 13.4. The van der Waals surface area contributed by atoms with Crippen LogP contribution >= 0.6 is 0 Å². The van der Waals surface area contributed by atoms with Gasteiger partial charge >= 0.3 is 5.97 Å². The number of guanidine groups is 1. The summed E-state index contributed by atoms with van der Waals surface area (Å²) in [5.74, 6) is -3.78. The van der Waals surface area contributed by atoms with Gasteiger partial charge in [-0.15, -0.1) is 0 Å². The van der Waals surface area contributed by atoms with Gasteiger partial charge in [0.2, 0.25) is 11.8 Å². The monoisotopic (exact) mass is 570 g/mol. The van der Waals surface area contributed by atoms with E-state index in [2.05, 4.69) is 21.3 Å². The number of benzene rings is 1. The van der Waals surface area contributed by atoms with Gasteiger partial charge in [0, 0.05) is 24.2 Å². The second kappa shape index (κ2) is 14.4. The first-order valence-electron chi connectivity index (χ1n) is 13.5. The Morgan fingerprint density at radius 3 is 2.46 bits per heavy atom. The van der Waals surface area contributed by atoms with Crippen molar-refractivity contribution in [3.8, 4) is 0 Å². The second-order valence-electron chi connectivity index (χ2n) is 10.1. The molecule has 0 fully saturated rings. The third-order valence-electron chi connectivity index (χ3n) is 6.88. The Kier molecular flexibility index (Phi) is 10.9. The van der Waals surface area contributed by atoms with Crippen molar-refractivity contribution in [2.75, 3.05) is 13.1 Å². The molecule has 0 bridgehead atoms. The first-order valence-corrected chi connectivity index (χ1v) is 13.5. The number of pyridine rings is 1. The Labute approximate surface area is 237 Å². The fraction of sp³-hybridized carbons (Fsp3) is 0.481. The van der Waals surface area contributed by atoms with Crippen LogP contribution < -0.4 is 32.7 Å². The number of para-hydroxylation sites is 1. The Morgan fingerprint density at radius 2 is 1.78 bits per heavy atom. The third kappa shape index (κ3) is 8.35. The van der Waals surface area contributed by atoms with E-state index in [9.17, 15) is 29.4 Å². The molecule has 3 amide bonds. The molecule has 14 nitrogen and oxygen atoms in total. The van der Waals surface area contributed by atoms with Crippen LogP contribution in [0.25, 0.3) is 10.9 Å². The molecule has 0 spiro atoms. The molecule has 222 valence electrons. The highest BCUT2D eigenvalue weighted by molar-refractivity contribution is 6.08. The predicted molar refractivity (Wildman–Crippen MR) is 151 cm³/mol. The number of carboxylic acid groups (broad SMARTS) is 1. The Hall–Kier alpha value is -4.30. The number of nitrogens with two attached hydrogens (primary N) is 2. The lowest BCUT2D eigenvalue weighted by Crippen LogP contribution is -2.59. The molecule has 0 aliphatic heterocycles. The number of nitrogens with zero attached hydrogens (tertiary/aromatic N) is 1. The number of hydrogen-bond acceptors (Lipinski definition) is 8. The molecule has 0 saturated heterocycles. The molecular formula is C27H38N8O6. The Bertz CT molecular complexity index is 1300. The summed E-state index contributed by atoms with van der Waals surface area (Å²) in [6, 6.07) is 3.20. The molecule has 1 aliphatic rings. The van der Waals surface area contributed by atoms with Crippen LogP contribution in [-0.4, -0.2) is 82.2 Å². The summed E-state index contributed by atoms with van der Waals surface area (Å²) in [5.41, 5.74) is 13.9. The van der Waals surface area contributed by atoms with E-state index in [4.69, 9.17) is 21.9 Å². The van der Waals surface area contributed by atoms with Crippen molar-refractivity contribution >= 4 is 40.6 Å². The van der Waals surface area contributed by atoms with E-state index in [0.29, 0.717) is 35.9 Å². The minimum absolute atomic E-state index is 0.206. The number of aliphatic hydroxyl groups is 1. The second-order valence-corrected chi connectivity index (χ2v) is 10.1. The summed E-state index contributed by atoms with van der Waals surface area (Å²) in [7, 11) is 0. The van der Waals surface area contributed by atoms with Crippen molar-refractivity contribution in [3.63, 3.8) is 0 Å². The highest BCUT2D eigenvalue weighted by Gasteiger charge is 2.31. The van der Waals surface area contributed by atoms with Gasteiger partial charge in [-0.25, -0.2) is 4.79 Å². The van der Waals surface area contributed by atoms with Crippen LogP contribution in [0.5, 0.6) is 0 Å². The molecule has 3 rings (SSSR count). The number of aliphatic carboxylic acids is 1. The fourth-order valence-corrected chi connectivity index (χ4v) is 4.72. The molecule has 4 atom stereocenters. The van der Waals surface area contributed by atoms with Gasteiger partial charge in [-0.1, -0.05) is 18.2 Å². The zero-order chi connectivity index (χ0) is 30.1. The number of fused-ring (bicyclic) bond motifs is 2. The van der Waals surface area contributed by atoms with Gasteiger partial charge < -0.3 is 42.9 Å². The summed E-state index contributed by atoms with van der Waals surface area (Å²) in [6.45, 7) is 1.15. The lowest BCUT2D eigenvalue weighted by Gasteiger charge is -2.25. The quantitative estimate of drug-likeness (QED) is 0.0796. The zero-order valence-electron chi connectivity index (χ0n) is 22.9. The summed E-state index contributed by atoms with van der Waals surface area (Å²) >= 11 is 0. The molecule has 1 heterocycles. The topological polar surface area (TPSA) is 246 Å². The van der Waals surface area contributed by atoms with E-state index >= 15 is 0 Å². The average molecular weight is 571 g/mol. The molecule has 0 saturated carbocycles. The van der Waals surface area contributed by atoms with E-state index in [-0.39, 0.29) is 12.4 Å². The van der Waals surface area contributed by atoms with Crippen LogP contribution in [0.1, 0.15) is 54.2 Å². The smallest absolute Gasteiger partial charge is 0.328 e. The molecule has 0 unspecified atom stereocenters. The van der Waals surface area contributed by atoms with Crippen LogP contribution in [0.3, 0.4) is 0 Å². The fourth-order valence-electron chi connectivity index (χ4n) is 4.72. The molecule has 1 aromatic carbocycles. The molecule has 2 aromatic rings. The van der Waals surface area contributed by atoms with Crippen molar-refractivity contribution in [1.82, 2.24) is 26.3 Å². The minimum Gasteiger partial charge on any atom is -0.480 e. The third-order valence-corrected chi connectivity index (χ3v) is 6.88.